The minimum atomic E-state index is -1.59. The van der Waals surface area contributed by atoms with Gasteiger partial charge in [0.1, 0.15) is 23.0 Å². The summed E-state index contributed by atoms with van der Waals surface area (Å²) >= 11 is 0. The third-order valence-corrected chi connectivity index (χ3v) is 9.39. The summed E-state index contributed by atoms with van der Waals surface area (Å²) in [4.78, 5) is 30.2. The molecule has 0 saturated carbocycles. The number of amides is 2. The van der Waals surface area contributed by atoms with Crippen LogP contribution in [0.3, 0.4) is 0 Å². The molecule has 3 aliphatic heterocycles. The number of benzene rings is 2. The van der Waals surface area contributed by atoms with Crippen LogP contribution in [0.5, 0.6) is 11.5 Å². The second-order valence-corrected chi connectivity index (χ2v) is 13.6. The Bertz CT molecular complexity index is 1560. The Morgan fingerprint density at radius 3 is 2.38 bits per heavy atom. The van der Waals surface area contributed by atoms with Crippen LogP contribution in [0.2, 0.25) is 0 Å². The van der Waals surface area contributed by atoms with Crippen molar-refractivity contribution in [2.24, 2.45) is 5.92 Å². The Hall–Kier alpha value is -3.96. The molecule has 1 aromatic heterocycles. The molecule has 2 aromatic carbocycles. The number of alkyl halides is 1. The molecule has 0 radical (unpaired) electrons. The van der Waals surface area contributed by atoms with Crippen molar-refractivity contribution in [1.29, 1.82) is 0 Å². The Morgan fingerprint density at radius 1 is 1.04 bits per heavy atom. The summed E-state index contributed by atoms with van der Waals surface area (Å²) in [5.41, 5.74) is 0.367. The van der Waals surface area contributed by atoms with Crippen LogP contribution in [0.15, 0.2) is 48.5 Å². The zero-order valence-corrected chi connectivity index (χ0v) is 27.3. The predicted octanol–water partition coefficient (Wildman–Crippen LogP) is 6.02. The summed E-state index contributed by atoms with van der Waals surface area (Å²) in [6, 6.07) is 13.6. The molecular weight excluding hydrogens is 604 g/mol. The molecule has 4 heterocycles. The second kappa shape index (κ2) is 14.0. The minimum Gasteiger partial charge on any atom is -0.457 e. The molecule has 3 aliphatic rings. The number of nitrogens with one attached hydrogen (secondary N) is 1. The van der Waals surface area contributed by atoms with Gasteiger partial charge in [-0.1, -0.05) is 6.92 Å². The van der Waals surface area contributed by atoms with E-state index in [0.717, 1.165) is 57.6 Å². The molecular formula is C36H43F2N5O4. The number of aromatic nitrogens is 2. The Labute approximate surface area is 274 Å². The number of hydrogen-bond acceptors (Lipinski definition) is 7. The molecule has 3 saturated heterocycles. The van der Waals surface area contributed by atoms with Crippen LogP contribution in [0, 0.1) is 11.7 Å². The first-order valence-electron chi connectivity index (χ1n) is 16.6. The minimum absolute atomic E-state index is 0.00500. The van der Waals surface area contributed by atoms with Gasteiger partial charge in [-0.3, -0.25) is 9.59 Å². The number of hydrogen-bond donors (Lipinski definition) is 1. The Balaban J connectivity index is 1.18. The predicted molar refractivity (Wildman–Crippen MR) is 173 cm³/mol. The maximum absolute atomic E-state index is 15.6. The lowest BCUT2D eigenvalue weighted by Crippen LogP contribution is -2.49. The molecule has 0 bridgehead atoms. The summed E-state index contributed by atoms with van der Waals surface area (Å²) in [5.74, 6) is -0.156. The van der Waals surface area contributed by atoms with Crippen LogP contribution in [-0.2, 0) is 21.7 Å². The summed E-state index contributed by atoms with van der Waals surface area (Å²) in [6.45, 7) is 8.96. The number of nitrogens with zero attached hydrogens (tertiary/aromatic N) is 4. The van der Waals surface area contributed by atoms with Gasteiger partial charge in [-0.25, -0.2) is 8.78 Å². The topological polar surface area (TPSA) is 96.9 Å². The molecule has 3 fully saturated rings. The zero-order valence-electron chi connectivity index (χ0n) is 27.3. The highest BCUT2D eigenvalue weighted by atomic mass is 19.1. The van der Waals surface area contributed by atoms with Crippen LogP contribution in [0.1, 0.15) is 74.5 Å². The van der Waals surface area contributed by atoms with E-state index in [0.29, 0.717) is 41.8 Å². The fourth-order valence-corrected chi connectivity index (χ4v) is 6.66. The molecule has 1 N–H and O–H groups in total. The summed E-state index contributed by atoms with van der Waals surface area (Å²) < 4.78 is 41.6. The number of ether oxygens (including phenoxy) is 2. The van der Waals surface area contributed by atoms with Gasteiger partial charge in [0.25, 0.3) is 5.91 Å². The van der Waals surface area contributed by atoms with Crippen molar-refractivity contribution in [3.05, 3.63) is 71.2 Å². The van der Waals surface area contributed by atoms with Crippen LogP contribution in [-0.4, -0.2) is 76.7 Å². The largest absolute Gasteiger partial charge is 0.457 e. The number of carbonyl (C=O) groups is 2. The number of rotatable bonds is 9. The second-order valence-electron chi connectivity index (χ2n) is 13.6. The van der Waals surface area contributed by atoms with E-state index in [1.807, 2.05) is 6.92 Å². The third kappa shape index (κ3) is 7.96. The van der Waals surface area contributed by atoms with E-state index >= 15 is 4.39 Å². The molecule has 9 nitrogen and oxygen atoms in total. The average Bonchev–Trinajstić information content (AvgIpc) is 3.38. The molecule has 11 heteroatoms. The number of piperidine rings is 1. The van der Waals surface area contributed by atoms with Crippen LogP contribution >= 0.6 is 0 Å². The number of carbonyl (C=O) groups excluding carboxylic acids is 2. The van der Waals surface area contributed by atoms with Crippen LogP contribution < -0.4 is 10.1 Å². The van der Waals surface area contributed by atoms with E-state index in [9.17, 15) is 14.0 Å². The molecule has 2 amide bonds. The fourth-order valence-electron chi connectivity index (χ4n) is 6.66. The maximum atomic E-state index is 15.6. The van der Waals surface area contributed by atoms with Crippen molar-refractivity contribution in [1.82, 2.24) is 25.3 Å². The van der Waals surface area contributed by atoms with E-state index in [1.165, 1.54) is 26.0 Å². The van der Waals surface area contributed by atoms with Gasteiger partial charge < -0.3 is 24.6 Å². The lowest BCUT2D eigenvalue weighted by atomic mass is 9.99. The van der Waals surface area contributed by atoms with Crippen LogP contribution in [0.25, 0.3) is 11.3 Å². The monoisotopic (exact) mass is 647 g/mol. The SMILES string of the molecule is CC1CC(=O)N(Cc2cc(F)c(C(=O)NC3CCN(C4CCOCC4)CC3)cc2Oc2ccc(-c3ccc(C(C)(C)F)nn3)cc2)C1. The van der Waals surface area contributed by atoms with E-state index in [2.05, 4.69) is 20.4 Å². The summed E-state index contributed by atoms with van der Waals surface area (Å²) in [6.07, 6.45) is 4.10. The highest BCUT2D eigenvalue weighted by Gasteiger charge is 2.30. The molecule has 6 rings (SSSR count). The highest BCUT2D eigenvalue weighted by Crippen LogP contribution is 2.33. The van der Waals surface area contributed by atoms with Crippen molar-refractivity contribution in [2.45, 2.75) is 77.2 Å². The first-order chi connectivity index (χ1) is 22.5. The van der Waals surface area contributed by atoms with E-state index in [4.69, 9.17) is 9.47 Å². The smallest absolute Gasteiger partial charge is 0.254 e. The molecule has 1 unspecified atom stereocenters. The molecule has 3 aromatic rings. The van der Waals surface area contributed by atoms with E-state index in [1.54, 1.807) is 41.3 Å². The third-order valence-electron chi connectivity index (χ3n) is 9.39. The lowest BCUT2D eigenvalue weighted by molar-refractivity contribution is -0.128. The van der Waals surface area contributed by atoms with Crippen molar-refractivity contribution >= 4 is 11.8 Å². The van der Waals surface area contributed by atoms with Gasteiger partial charge in [0, 0.05) is 69.0 Å². The summed E-state index contributed by atoms with van der Waals surface area (Å²) in [7, 11) is 0. The lowest BCUT2D eigenvalue weighted by Gasteiger charge is -2.39. The quantitative estimate of drug-likeness (QED) is 0.303. The Morgan fingerprint density at radius 2 is 1.77 bits per heavy atom. The first kappa shape index (κ1) is 33.0. The van der Waals surface area contributed by atoms with Gasteiger partial charge in [-0.2, -0.15) is 10.2 Å². The van der Waals surface area contributed by atoms with Gasteiger partial charge in [0.15, 0.2) is 0 Å². The van der Waals surface area contributed by atoms with Crippen LogP contribution in [0.4, 0.5) is 8.78 Å². The van der Waals surface area contributed by atoms with Crippen molar-refractivity contribution in [2.75, 3.05) is 32.8 Å². The molecule has 0 aliphatic carbocycles. The van der Waals surface area contributed by atoms with Gasteiger partial charge in [0.05, 0.1) is 17.0 Å². The maximum Gasteiger partial charge on any atom is 0.254 e. The van der Waals surface area contributed by atoms with E-state index < -0.39 is 17.4 Å². The van der Waals surface area contributed by atoms with Gasteiger partial charge in [-0.05, 0) is 94.0 Å². The molecule has 250 valence electrons. The standard InChI is InChI=1S/C36H43F2N5O4/c1-23-18-34(44)43(21-23)22-25-19-30(37)29(35(45)39-26-10-14-42(15-11-26)27-12-16-46-17-13-27)20-32(25)47-28-6-4-24(5-7-28)31-8-9-33(41-40-31)36(2,3)38/h4-9,19-20,23,26-27H,10-18,21-22H2,1-3H3,(H,39,45). The van der Waals surface area contributed by atoms with Crippen molar-refractivity contribution in [3.63, 3.8) is 0 Å². The molecule has 47 heavy (non-hydrogen) atoms. The number of likely N-dealkylation sites (tertiary alicyclic amines) is 2. The average molecular weight is 648 g/mol. The highest BCUT2D eigenvalue weighted by molar-refractivity contribution is 5.95. The Kier molecular flexibility index (Phi) is 9.84. The van der Waals surface area contributed by atoms with Gasteiger partial charge in [0.2, 0.25) is 5.91 Å². The molecule has 1 atom stereocenters. The fraction of sp³-hybridized carbons (Fsp3) is 0.500. The number of halogens is 2. The zero-order chi connectivity index (χ0) is 33.1. The first-order valence-corrected chi connectivity index (χ1v) is 16.6. The van der Waals surface area contributed by atoms with Gasteiger partial charge in [-0.15, -0.1) is 0 Å². The molecule has 0 spiro atoms. The normalized spacial score (nSPS) is 20.1. The van der Waals surface area contributed by atoms with Crippen molar-refractivity contribution in [3.8, 4) is 22.8 Å². The van der Waals surface area contributed by atoms with Gasteiger partial charge >= 0.3 is 0 Å². The summed E-state index contributed by atoms with van der Waals surface area (Å²) in [5, 5.41) is 11.2. The van der Waals surface area contributed by atoms with E-state index in [-0.39, 0.29) is 35.7 Å². The van der Waals surface area contributed by atoms with Crippen molar-refractivity contribution < 1.29 is 27.8 Å².